The van der Waals surface area contributed by atoms with Crippen molar-refractivity contribution >= 4 is 33.2 Å². The first-order valence-corrected chi connectivity index (χ1v) is 6.28. The van der Waals surface area contributed by atoms with E-state index in [2.05, 4.69) is 10.3 Å². The molecule has 5 nitrogen and oxygen atoms in total. The number of nitrogens with one attached hydrogen (secondary N) is 1. The smallest absolute Gasteiger partial charge is 0.345 e. The summed E-state index contributed by atoms with van der Waals surface area (Å²) in [5.41, 5.74) is 0. The van der Waals surface area contributed by atoms with E-state index in [4.69, 9.17) is 0 Å². The van der Waals surface area contributed by atoms with Crippen molar-refractivity contribution in [2.75, 3.05) is 23.9 Å². The standard InChI is InChI=1S/C7H11N3O2S2/c1-13-4-2-3-8-7-9-5-6(14-7)10(11)12/h5H,2-4H2,1H3,(H,8,9). The maximum absolute atomic E-state index is 10.3. The van der Waals surface area contributed by atoms with E-state index in [1.54, 1.807) is 11.8 Å². The quantitative estimate of drug-likeness (QED) is 0.463. The number of thiazole rings is 1. The molecule has 0 amide bonds. The summed E-state index contributed by atoms with van der Waals surface area (Å²) in [6, 6.07) is 0. The summed E-state index contributed by atoms with van der Waals surface area (Å²) in [6.07, 6.45) is 4.37. The minimum absolute atomic E-state index is 0.0809. The summed E-state index contributed by atoms with van der Waals surface area (Å²) < 4.78 is 0. The van der Waals surface area contributed by atoms with Crippen molar-refractivity contribution in [2.45, 2.75) is 6.42 Å². The Morgan fingerprint density at radius 3 is 3.14 bits per heavy atom. The third-order valence-electron chi connectivity index (χ3n) is 1.47. The first-order valence-electron chi connectivity index (χ1n) is 4.07. The van der Waals surface area contributed by atoms with Gasteiger partial charge in [0.05, 0.1) is 4.92 Å². The first-order chi connectivity index (χ1) is 6.74. The molecule has 1 N–H and O–H groups in total. The minimum Gasteiger partial charge on any atom is -0.361 e. The molecule has 0 aliphatic heterocycles. The highest BCUT2D eigenvalue weighted by molar-refractivity contribution is 7.98. The molecular formula is C7H11N3O2S2. The zero-order valence-electron chi connectivity index (χ0n) is 7.73. The predicted octanol–water partition coefficient (Wildman–Crippen LogP) is 2.22. The Morgan fingerprint density at radius 2 is 2.57 bits per heavy atom. The van der Waals surface area contributed by atoms with Crippen LogP contribution in [-0.2, 0) is 0 Å². The summed E-state index contributed by atoms with van der Waals surface area (Å²) in [5, 5.41) is 14.1. The topological polar surface area (TPSA) is 68.1 Å². The van der Waals surface area contributed by atoms with Crippen molar-refractivity contribution in [2.24, 2.45) is 0 Å². The summed E-state index contributed by atoms with van der Waals surface area (Å²) in [5.74, 6) is 1.08. The van der Waals surface area contributed by atoms with Crippen molar-refractivity contribution in [3.05, 3.63) is 16.3 Å². The number of anilines is 1. The van der Waals surface area contributed by atoms with Crippen LogP contribution in [0.5, 0.6) is 0 Å². The lowest BCUT2D eigenvalue weighted by molar-refractivity contribution is -0.380. The Kier molecular flexibility index (Phi) is 4.68. The molecule has 0 fully saturated rings. The number of thioether (sulfide) groups is 1. The van der Waals surface area contributed by atoms with Crippen molar-refractivity contribution in [1.82, 2.24) is 4.98 Å². The Labute approximate surface area is 90.1 Å². The van der Waals surface area contributed by atoms with E-state index in [9.17, 15) is 10.1 Å². The van der Waals surface area contributed by atoms with E-state index in [1.165, 1.54) is 6.20 Å². The largest absolute Gasteiger partial charge is 0.361 e. The van der Waals surface area contributed by atoms with Crippen LogP contribution in [-0.4, -0.2) is 28.5 Å². The highest BCUT2D eigenvalue weighted by Crippen LogP contribution is 2.24. The lowest BCUT2D eigenvalue weighted by Crippen LogP contribution is -2.01. The summed E-state index contributed by atoms with van der Waals surface area (Å²) in [4.78, 5) is 13.8. The van der Waals surface area contributed by atoms with Gasteiger partial charge in [-0.25, -0.2) is 4.98 Å². The molecule has 78 valence electrons. The molecule has 0 unspecified atom stereocenters. The fourth-order valence-electron chi connectivity index (χ4n) is 0.844. The van der Waals surface area contributed by atoms with E-state index >= 15 is 0 Å². The van der Waals surface area contributed by atoms with Crippen LogP contribution in [0.15, 0.2) is 6.20 Å². The van der Waals surface area contributed by atoms with E-state index < -0.39 is 4.92 Å². The van der Waals surface area contributed by atoms with Crippen molar-refractivity contribution in [3.8, 4) is 0 Å². The monoisotopic (exact) mass is 233 g/mol. The molecule has 0 saturated heterocycles. The Balaban J connectivity index is 2.33. The molecule has 0 atom stereocenters. The van der Waals surface area contributed by atoms with E-state index in [0.29, 0.717) is 5.13 Å². The van der Waals surface area contributed by atoms with E-state index in [-0.39, 0.29) is 5.00 Å². The lowest BCUT2D eigenvalue weighted by atomic mass is 10.5. The van der Waals surface area contributed by atoms with Crippen molar-refractivity contribution in [3.63, 3.8) is 0 Å². The van der Waals surface area contributed by atoms with Crippen LogP contribution in [0.4, 0.5) is 10.1 Å². The Bertz CT molecular complexity index is 303. The van der Waals surface area contributed by atoms with Crippen LogP contribution < -0.4 is 5.32 Å². The third-order valence-corrected chi connectivity index (χ3v) is 3.08. The van der Waals surface area contributed by atoms with Crippen LogP contribution in [0.2, 0.25) is 0 Å². The van der Waals surface area contributed by atoms with Gasteiger partial charge in [-0.15, -0.1) is 0 Å². The normalized spacial score (nSPS) is 10.1. The van der Waals surface area contributed by atoms with Crippen LogP contribution in [0, 0.1) is 10.1 Å². The molecule has 1 rings (SSSR count). The molecule has 7 heteroatoms. The second-order valence-electron chi connectivity index (χ2n) is 2.53. The number of aromatic nitrogens is 1. The molecule has 0 bridgehead atoms. The lowest BCUT2D eigenvalue weighted by Gasteiger charge is -1.99. The molecule has 0 aliphatic rings. The molecular weight excluding hydrogens is 222 g/mol. The van der Waals surface area contributed by atoms with Gasteiger partial charge in [0, 0.05) is 6.54 Å². The molecule has 0 spiro atoms. The Hall–Kier alpha value is -0.820. The van der Waals surface area contributed by atoms with Gasteiger partial charge in [0.2, 0.25) is 0 Å². The SMILES string of the molecule is CSCCCNc1ncc([N+](=O)[O-])s1. The van der Waals surface area contributed by atoms with Crippen LogP contribution in [0.25, 0.3) is 0 Å². The van der Waals surface area contributed by atoms with Crippen LogP contribution >= 0.6 is 23.1 Å². The highest BCUT2D eigenvalue weighted by atomic mass is 32.2. The van der Waals surface area contributed by atoms with Crippen LogP contribution in [0.3, 0.4) is 0 Å². The minimum atomic E-state index is -0.426. The van der Waals surface area contributed by atoms with Gasteiger partial charge in [-0.2, -0.15) is 11.8 Å². The van der Waals surface area contributed by atoms with E-state index in [1.807, 2.05) is 6.26 Å². The molecule has 0 aromatic carbocycles. The second-order valence-corrected chi connectivity index (χ2v) is 4.53. The first kappa shape index (κ1) is 11.3. The van der Waals surface area contributed by atoms with Gasteiger partial charge >= 0.3 is 5.00 Å². The van der Waals surface area contributed by atoms with Crippen LogP contribution in [0.1, 0.15) is 6.42 Å². The molecule has 0 saturated carbocycles. The van der Waals surface area contributed by atoms with E-state index in [0.717, 1.165) is 30.1 Å². The summed E-state index contributed by atoms with van der Waals surface area (Å²) >= 11 is 2.85. The number of rotatable bonds is 6. The van der Waals surface area contributed by atoms with Gasteiger partial charge in [0.25, 0.3) is 0 Å². The number of hydrogen-bond donors (Lipinski definition) is 1. The van der Waals surface area contributed by atoms with Crippen molar-refractivity contribution < 1.29 is 4.92 Å². The molecule has 0 radical (unpaired) electrons. The number of hydrogen-bond acceptors (Lipinski definition) is 6. The zero-order chi connectivity index (χ0) is 10.4. The molecule has 0 aliphatic carbocycles. The predicted molar refractivity (Wildman–Crippen MR) is 60.3 cm³/mol. The molecule has 1 heterocycles. The third kappa shape index (κ3) is 3.51. The fraction of sp³-hybridized carbons (Fsp3) is 0.571. The highest BCUT2D eigenvalue weighted by Gasteiger charge is 2.10. The van der Waals surface area contributed by atoms with Gasteiger partial charge in [0.1, 0.15) is 6.20 Å². The van der Waals surface area contributed by atoms with Gasteiger partial charge in [-0.05, 0) is 29.8 Å². The average molecular weight is 233 g/mol. The zero-order valence-corrected chi connectivity index (χ0v) is 9.36. The maximum atomic E-state index is 10.3. The maximum Gasteiger partial charge on any atom is 0.345 e. The van der Waals surface area contributed by atoms with Gasteiger partial charge < -0.3 is 5.32 Å². The number of nitro groups is 1. The Morgan fingerprint density at radius 1 is 1.79 bits per heavy atom. The molecule has 1 aromatic rings. The summed E-state index contributed by atoms with van der Waals surface area (Å²) in [6.45, 7) is 0.811. The average Bonchev–Trinajstić information content (AvgIpc) is 2.61. The van der Waals surface area contributed by atoms with Gasteiger partial charge in [0.15, 0.2) is 5.13 Å². The molecule has 1 aromatic heterocycles. The second kappa shape index (κ2) is 5.82. The van der Waals surface area contributed by atoms with Gasteiger partial charge in [-0.3, -0.25) is 10.1 Å². The fourth-order valence-corrected chi connectivity index (χ4v) is 1.93. The van der Waals surface area contributed by atoms with Gasteiger partial charge in [-0.1, -0.05) is 0 Å². The molecule has 14 heavy (non-hydrogen) atoms. The van der Waals surface area contributed by atoms with Crippen molar-refractivity contribution in [1.29, 1.82) is 0 Å². The number of nitrogens with zero attached hydrogens (tertiary/aromatic N) is 2. The summed E-state index contributed by atoms with van der Waals surface area (Å²) in [7, 11) is 0.